The Kier molecular flexibility index (Phi) is 5.62. The van der Waals surface area contributed by atoms with Crippen molar-refractivity contribution < 1.29 is 13.2 Å². The third-order valence-electron chi connectivity index (χ3n) is 5.02. The molecule has 6 nitrogen and oxygen atoms in total. The molecule has 0 radical (unpaired) electrons. The summed E-state index contributed by atoms with van der Waals surface area (Å²) in [4.78, 5) is 16.7. The first-order chi connectivity index (χ1) is 14.3. The fourth-order valence-electron chi connectivity index (χ4n) is 3.72. The van der Waals surface area contributed by atoms with Gasteiger partial charge in [0.15, 0.2) is 5.13 Å². The monoisotopic (exact) mass is 441 g/mol. The number of hydrogen-bond donors (Lipinski definition) is 1. The van der Waals surface area contributed by atoms with Crippen molar-refractivity contribution in [1.82, 2.24) is 4.98 Å². The summed E-state index contributed by atoms with van der Waals surface area (Å²) in [6, 6.07) is 15.2. The van der Waals surface area contributed by atoms with E-state index >= 15 is 0 Å². The molecule has 0 spiro atoms. The zero-order valence-corrected chi connectivity index (χ0v) is 18.5. The molecule has 0 saturated heterocycles. The fraction of sp³-hybridized carbons (Fsp3) is 0.273. The van der Waals surface area contributed by atoms with Gasteiger partial charge in [0.1, 0.15) is 0 Å². The van der Waals surface area contributed by atoms with Crippen LogP contribution in [0.1, 0.15) is 30.2 Å². The van der Waals surface area contributed by atoms with E-state index in [1.165, 1.54) is 18.3 Å². The quantitative estimate of drug-likeness (QED) is 0.638. The van der Waals surface area contributed by atoms with E-state index in [1.807, 2.05) is 49.4 Å². The number of hydrogen-bond acceptors (Lipinski definition) is 5. The van der Waals surface area contributed by atoms with Gasteiger partial charge in [-0.15, -0.1) is 0 Å². The summed E-state index contributed by atoms with van der Waals surface area (Å²) in [5.41, 5.74) is 4.39. The summed E-state index contributed by atoms with van der Waals surface area (Å²) in [7, 11) is -3.47. The van der Waals surface area contributed by atoms with Crippen LogP contribution in [0.15, 0.2) is 48.5 Å². The first kappa shape index (κ1) is 20.6. The molecule has 0 saturated carbocycles. The predicted octanol–water partition coefficient (Wildman–Crippen LogP) is 4.36. The van der Waals surface area contributed by atoms with E-state index in [2.05, 4.69) is 16.4 Å². The molecular formula is C22H23N3O3S2. The summed E-state index contributed by atoms with van der Waals surface area (Å²) in [6.07, 6.45) is 1.61. The van der Waals surface area contributed by atoms with Gasteiger partial charge in [0.2, 0.25) is 15.9 Å². The Bertz CT molecular complexity index is 1190. The Hall–Kier alpha value is -2.71. The van der Waals surface area contributed by atoms with Gasteiger partial charge in [0, 0.05) is 13.5 Å². The van der Waals surface area contributed by atoms with E-state index in [4.69, 9.17) is 0 Å². The molecule has 0 fully saturated rings. The molecule has 1 N–H and O–H groups in total. The van der Waals surface area contributed by atoms with E-state index in [9.17, 15) is 13.2 Å². The minimum atomic E-state index is -3.47. The van der Waals surface area contributed by atoms with Gasteiger partial charge in [-0.3, -0.25) is 9.10 Å². The van der Waals surface area contributed by atoms with E-state index in [-0.39, 0.29) is 11.7 Å². The second-order valence-corrected chi connectivity index (χ2v) is 10.3. The molecule has 8 heteroatoms. The molecule has 2 heterocycles. The molecule has 0 aliphatic carbocycles. The first-order valence-electron chi connectivity index (χ1n) is 9.76. The third-order valence-corrected chi connectivity index (χ3v) is 7.90. The largest absolute Gasteiger partial charge is 0.302 e. The maximum Gasteiger partial charge on any atom is 0.239 e. The van der Waals surface area contributed by atoms with E-state index in [0.29, 0.717) is 11.7 Å². The normalized spacial score (nSPS) is 13.7. The average Bonchev–Trinajstić information content (AvgIpc) is 3.06. The summed E-state index contributed by atoms with van der Waals surface area (Å²) < 4.78 is 27.8. The lowest BCUT2D eigenvalue weighted by Crippen LogP contribution is -2.36. The lowest BCUT2D eigenvalue weighted by molar-refractivity contribution is -0.114. The average molecular weight is 442 g/mol. The van der Waals surface area contributed by atoms with Crippen molar-refractivity contribution in [3.8, 4) is 10.4 Å². The Morgan fingerprint density at radius 2 is 1.97 bits per heavy atom. The van der Waals surface area contributed by atoms with Crippen molar-refractivity contribution in [2.45, 2.75) is 32.4 Å². The Labute approximate surface area is 180 Å². The lowest BCUT2D eigenvalue weighted by Gasteiger charge is -2.31. The van der Waals surface area contributed by atoms with Crippen LogP contribution in [-0.2, 0) is 27.0 Å². The summed E-state index contributed by atoms with van der Waals surface area (Å²) >= 11 is 1.42. The molecule has 2 aromatic carbocycles. The lowest BCUT2D eigenvalue weighted by atomic mass is 10.00. The van der Waals surface area contributed by atoms with Gasteiger partial charge in [0.05, 0.1) is 22.0 Å². The molecular weight excluding hydrogens is 418 g/mol. The molecule has 3 aromatic rings. The van der Waals surface area contributed by atoms with Gasteiger partial charge in [-0.05, 0) is 48.6 Å². The standard InChI is InChI=1S/C22H23N3O3S2/c1-15-21(29-22(23-15)24-16(2)26)19-10-11-20-18(13-19)9-6-12-25(20)30(27,28)14-17-7-4-3-5-8-17/h3-5,7-8,10-11,13H,6,9,12,14H2,1-2H3,(H,23,24,26). The maximum atomic E-state index is 13.1. The van der Waals surface area contributed by atoms with Crippen LogP contribution >= 0.6 is 11.3 Å². The van der Waals surface area contributed by atoms with Gasteiger partial charge in [-0.1, -0.05) is 47.7 Å². The van der Waals surface area contributed by atoms with Gasteiger partial charge < -0.3 is 5.32 Å². The summed E-state index contributed by atoms with van der Waals surface area (Å²) in [5.74, 6) is -0.164. The van der Waals surface area contributed by atoms with Crippen LogP contribution in [0.2, 0.25) is 0 Å². The molecule has 1 amide bonds. The number of rotatable bonds is 5. The minimum absolute atomic E-state index is 0.0109. The zero-order valence-electron chi connectivity index (χ0n) is 16.9. The van der Waals surface area contributed by atoms with Crippen LogP contribution in [0.5, 0.6) is 0 Å². The molecule has 0 atom stereocenters. The van der Waals surface area contributed by atoms with E-state index < -0.39 is 10.0 Å². The van der Waals surface area contributed by atoms with Gasteiger partial charge >= 0.3 is 0 Å². The highest BCUT2D eigenvalue weighted by Gasteiger charge is 2.28. The van der Waals surface area contributed by atoms with Crippen LogP contribution in [0.3, 0.4) is 0 Å². The Morgan fingerprint density at radius 1 is 1.20 bits per heavy atom. The molecule has 4 rings (SSSR count). The number of thiazole rings is 1. The van der Waals surface area contributed by atoms with Crippen molar-refractivity contribution in [2.75, 3.05) is 16.2 Å². The molecule has 0 unspecified atom stereocenters. The number of anilines is 2. The van der Waals surface area contributed by atoms with Gasteiger partial charge in [0.25, 0.3) is 0 Å². The summed E-state index contributed by atoms with van der Waals surface area (Å²) in [5, 5.41) is 3.30. The van der Waals surface area contributed by atoms with Crippen LogP contribution in [0, 0.1) is 6.92 Å². The number of benzene rings is 2. The number of nitrogens with zero attached hydrogens (tertiary/aromatic N) is 2. The zero-order chi connectivity index (χ0) is 21.3. The van der Waals surface area contributed by atoms with E-state index in [0.717, 1.165) is 45.8 Å². The SMILES string of the molecule is CC(=O)Nc1nc(C)c(-c2ccc3c(c2)CCCN3S(=O)(=O)Cc2ccccc2)s1. The maximum absolute atomic E-state index is 13.1. The number of aryl methyl sites for hydroxylation is 2. The minimum Gasteiger partial charge on any atom is -0.302 e. The smallest absolute Gasteiger partial charge is 0.239 e. The van der Waals surface area contributed by atoms with Crippen molar-refractivity contribution in [3.05, 3.63) is 65.4 Å². The first-order valence-corrected chi connectivity index (χ1v) is 12.2. The van der Waals surface area contributed by atoms with Crippen molar-refractivity contribution in [1.29, 1.82) is 0 Å². The predicted molar refractivity (Wildman–Crippen MR) is 121 cm³/mol. The van der Waals surface area contributed by atoms with Crippen LogP contribution < -0.4 is 9.62 Å². The highest BCUT2D eigenvalue weighted by molar-refractivity contribution is 7.92. The number of sulfonamides is 1. The second-order valence-electron chi connectivity index (χ2n) is 7.38. The van der Waals surface area contributed by atoms with Crippen molar-refractivity contribution in [2.24, 2.45) is 0 Å². The van der Waals surface area contributed by atoms with Gasteiger partial charge in [-0.2, -0.15) is 0 Å². The van der Waals surface area contributed by atoms with Crippen LogP contribution in [0.25, 0.3) is 10.4 Å². The number of carbonyl (C=O) groups is 1. The second kappa shape index (κ2) is 8.20. The van der Waals surface area contributed by atoms with Crippen LogP contribution in [0.4, 0.5) is 10.8 Å². The van der Waals surface area contributed by atoms with Crippen LogP contribution in [-0.4, -0.2) is 25.9 Å². The molecule has 30 heavy (non-hydrogen) atoms. The number of aromatic nitrogens is 1. The fourth-order valence-corrected chi connectivity index (χ4v) is 6.39. The highest BCUT2D eigenvalue weighted by atomic mass is 32.2. The Morgan fingerprint density at radius 3 is 2.70 bits per heavy atom. The molecule has 0 bridgehead atoms. The number of nitrogens with one attached hydrogen (secondary N) is 1. The number of fused-ring (bicyclic) bond motifs is 1. The topological polar surface area (TPSA) is 79.4 Å². The molecule has 156 valence electrons. The number of amides is 1. The van der Waals surface area contributed by atoms with E-state index in [1.54, 1.807) is 4.31 Å². The molecule has 1 aromatic heterocycles. The number of carbonyl (C=O) groups excluding carboxylic acids is 1. The molecule has 1 aliphatic heterocycles. The third kappa shape index (κ3) is 4.24. The highest BCUT2D eigenvalue weighted by Crippen LogP contribution is 2.38. The van der Waals surface area contributed by atoms with Crippen molar-refractivity contribution in [3.63, 3.8) is 0 Å². The summed E-state index contributed by atoms with van der Waals surface area (Å²) in [6.45, 7) is 3.86. The molecule has 1 aliphatic rings. The van der Waals surface area contributed by atoms with Crippen molar-refractivity contribution >= 4 is 38.1 Å². The van der Waals surface area contributed by atoms with Gasteiger partial charge in [-0.25, -0.2) is 13.4 Å². The Balaban J connectivity index is 1.65.